The molecule has 0 saturated carbocycles. The topological polar surface area (TPSA) is 55.6 Å². The summed E-state index contributed by atoms with van der Waals surface area (Å²) in [6, 6.07) is 28.0. The van der Waals surface area contributed by atoms with E-state index in [1.54, 1.807) is 47.0 Å². The molecule has 0 amide bonds. The molecule has 35 heavy (non-hydrogen) atoms. The predicted molar refractivity (Wildman–Crippen MR) is 135 cm³/mol. The maximum atomic E-state index is 13.9. The van der Waals surface area contributed by atoms with Crippen molar-refractivity contribution >= 4 is 22.9 Å². The van der Waals surface area contributed by atoms with Crippen LogP contribution in [0.1, 0.15) is 60.4 Å². The zero-order chi connectivity index (χ0) is 24.1. The molecule has 2 heterocycles. The second-order valence-electron chi connectivity index (χ2n) is 8.72. The number of fused-ring (bicyclic) bond motifs is 4. The Bertz CT molecular complexity index is 1660. The van der Waals surface area contributed by atoms with E-state index in [4.69, 9.17) is 0 Å². The number of nitrogens with zero attached hydrogens (tertiary/aromatic N) is 1. The zero-order valence-electron chi connectivity index (χ0n) is 19.1. The van der Waals surface area contributed by atoms with Gasteiger partial charge in [0.25, 0.3) is 0 Å². The molecule has 168 valence electrons. The number of benzene rings is 3. The van der Waals surface area contributed by atoms with Gasteiger partial charge in [0.2, 0.25) is 5.78 Å². The summed E-state index contributed by atoms with van der Waals surface area (Å²) in [4.78, 5) is 41.1. The predicted octanol–water partition coefficient (Wildman–Crippen LogP) is 6.18. The Morgan fingerprint density at radius 2 is 1.37 bits per heavy atom. The van der Waals surface area contributed by atoms with Gasteiger partial charge >= 0.3 is 0 Å². The normalized spacial score (nSPS) is 12.5. The molecular weight excluding hydrogens is 434 g/mol. The van der Waals surface area contributed by atoms with E-state index in [0.29, 0.717) is 22.2 Å². The van der Waals surface area contributed by atoms with Gasteiger partial charge in [0.15, 0.2) is 11.6 Å². The Labute approximate surface area is 202 Å². The highest BCUT2D eigenvalue weighted by Gasteiger charge is 2.38. The maximum Gasteiger partial charge on any atom is 0.211 e. The lowest BCUT2D eigenvalue weighted by Gasteiger charge is -2.15. The van der Waals surface area contributed by atoms with Gasteiger partial charge in [-0.15, -0.1) is 0 Å². The third-order valence-corrected chi connectivity index (χ3v) is 6.75. The monoisotopic (exact) mass is 455 g/mol. The Kier molecular flexibility index (Phi) is 4.82. The number of ketones is 3. The first-order chi connectivity index (χ1) is 17.1. The molecule has 0 aliphatic heterocycles. The summed E-state index contributed by atoms with van der Waals surface area (Å²) in [6.07, 6.45) is 2.56. The molecule has 0 N–H and O–H groups in total. The van der Waals surface area contributed by atoms with Gasteiger partial charge in [-0.2, -0.15) is 0 Å². The second-order valence-corrected chi connectivity index (χ2v) is 8.72. The Hall–Kier alpha value is -4.57. The average molecular weight is 456 g/mol. The van der Waals surface area contributed by atoms with Gasteiger partial charge in [-0.05, 0) is 35.2 Å². The second kappa shape index (κ2) is 8.03. The minimum atomic E-state index is -0.291. The molecule has 0 unspecified atom stereocenters. The lowest BCUT2D eigenvalue weighted by Crippen LogP contribution is -2.22. The first-order valence-electron chi connectivity index (χ1n) is 11.6. The summed E-state index contributed by atoms with van der Waals surface area (Å²) in [7, 11) is 0. The van der Waals surface area contributed by atoms with Crippen LogP contribution in [0.3, 0.4) is 0 Å². The summed E-state index contributed by atoms with van der Waals surface area (Å²) in [6.45, 7) is 2.03. The van der Waals surface area contributed by atoms with Crippen LogP contribution in [0, 0.1) is 0 Å². The molecule has 0 fully saturated rings. The summed E-state index contributed by atoms with van der Waals surface area (Å²) in [5.74, 6) is -0.800. The first kappa shape index (κ1) is 21.0. The Balaban J connectivity index is 1.56. The fourth-order valence-corrected chi connectivity index (χ4v) is 4.92. The SMILES string of the molecule is CCc1ccn2c3c(c(C(=O)c4ccc(-c5ccccc5)cc4)c2c1)C(=O)c1ccccc1C3=O. The van der Waals surface area contributed by atoms with Crippen LogP contribution < -0.4 is 0 Å². The highest BCUT2D eigenvalue weighted by Crippen LogP contribution is 2.35. The number of rotatable bonds is 4. The fraction of sp³-hybridized carbons (Fsp3) is 0.0645. The quantitative estimate of drug-likeness (QED) is 0.299. The van der Waals surface area contributed by atoms with Gasteiger partial charge in [-0.3, -0.25) is 14.4 Å². The summed E-state index contributed by atoms with van der Waals surface area (Å²) < 4.78 is 1.70. The van der Waals surface area contributed by atoms with E-state index in [0.717, 1.165) is 23.1 Å². The minimum Gasteiger partial charge on any atom is -0.312 e. The van der Waals surface area contributed by atoms with Gasteiger partial charge < -0.3 is 4.40 Å². The molecule has 0 radical (unpaired) electrons. The number of aromatic nitrogens is 1. The van der Waals surface area contributed by atoms with Crippen LogP contribution in [0.15, 0.2) is 97.2 Å². The standard InChI is InChI=1S/C31H21NO3/c1-2-19-16-17-32-25(18-19)26(27-28(32)31(35)24-11-7-6-10-23(24)30(27)34)29(33)22-14-12-21(13-15-22)20-8-4-3-5-9-20/h3-18H,2H2,1H3. The van der Waals surface area contributed by atoms with E-state index in [-0.39, 0.29) is 34.2 Å². The minimum absolute atomic E-state index is 0.194. The number of hydrogen-bond acceptors (Lipinski definition) is 3. The van der Waals surface area contributed by atoms with Gasteiger partial charge in [-0.25, -0.2) is 0 Å². The van der Waals surface area contributed by atoms with Crippen LogP contribution in [0.4, 0.5) is 0 Å². The van der Waals surface area contributed by atoms with E-state index in [1.807, 2.05) is 61.5 Å². The van der Waals surface area contributed by atoms with Crippen LogP contribution in [-0.4, -0.2) is 21.8 Å². The van der Waals surface area contributed by atoms with E-state index >= 15 is 0 Å². The molecule has 0 spiro atoms. The Morgan fingerprint density at radius 3 is 2.06 bits per heavy atom. The van der Waals surface area contributed by atoms with Crippen molar-refractivity contribution in [3.63, 3.8) is 0 Å². The summed E-state index contributed by atoms with van der Waals surface area (Å²) >= 11 is 0. The molecular formula is C31H21NO3. The first-order valence-corrected chi connectivity index (χ1v) is 11.6. The molecule has 0 saturated heterocycles. The molecule has 0 atom stereocenters. The summed E-state index contributed by atoms with van der Waals surface area (Å²) in [5.41, 5.74) is 5.59. The van der Waals surface area contributed by atoms with Gasteiger partial charge in [0, 0.05) is 22.9 Å². The third-order valence-electron chi connectivity index (χ3n) is 6.75. The molecule has 5 aromatic rings. The molecule has 0 bridgehead atoms. The van der Waals surface area contributed by atoms with Crippen LogP contribution in [0.2, 0.25) is 0 Å². The van der Waals surface area contributed by atoms with E-state index in [2.05, 4.69) is 0 Å². The molecule has 6 rings (SSSR count). The van der Waals surface area contributed by atoms with Crippen molar-refractivity contribution in [2.24, 2.45) is 0 Å². The van der Waals surface area contributed by atoms with Crippen molar-refractivity contribution in [2.75, 3.05) is 0 Å². The van der Waals surface area contributed by atoms with Crippen molar-refractivity contribution in [3.8, 4) is 11.1 Å². The number of hydrogen-bond donors (Lipinski definition) is 0. The molecule has 4 nitrogen and oxygen atoms in total. The lowest BCUT2D eigenvalue weighted by atomic mass is 9.84. The number of carbonyl (C=O) groups is 3. The fourth-order valence-electron chi connectivity index (χ4n) is 4.92. The van der Waals surface area contributed by atoms with Gasteiger partial charge in [-0.1, -0.05) is 85.8 Å². The van der Waals surface area contributed by atoms with Crippen molar-refractivity contribution in [1.82, 2.24) is 4.40 Å². The van der Waals surface area contributed by atoms with E-state index in [1.165, 1.54) is 0 Å². The van der Waals surface area contributed by atoms with Crippen LogP contribution >= 0.6 is 0 Å². The number of carbonyl (C=O) groups excluding carboxylic acids is 3. The van der Waals surface area contributed by atoms with Crippen LogP contribution in [0.5, 0.6) is 0 Å². The number of aryl methyl sites for hydroxylation is 1. The maximum absolute atomic E-state index is 13.9. The van der Waals surface area contributed by atoms with Gasteiger partial charge in [0.05, 0.1) is 16.6 Å². The zero-order valence-corrected chi connectivity index (χ0v) is 19.1. The summed E-state index contributed by atoms with van der Waals surface area (Å²) in [5, 5.41) is 0. The average Bonchev–Trinajstić information content (AvgIpc) is 3.26. The smallest absolute Gasteiger partial charge is 0.211 e. The van der Waals surface area contributed by atoms with Crippen molar-refractivity contribution in [1.29, 1.82) is 0 Å². The van der Waals surface area contributed by atoms with Gasteiger partial charge in [0.1, 0.15) is 5.69 Å². The lowest BCUT2D eigenvalue weighted by molar-refractivity contribution is 0.0970. The number of pyridine rings is 1. The highest BCUT2D eigenvalue weighted by molar-refractivity contribution is 6.33. The van der Waals surface area contributed by atoms with Crippen LogP contribution in [-0.2, 0) is 6.42 Å². The van der Waals surface area contributed by atoms with Crippen molar-refractivity contribution in [3.05, 3.63) is 136 Å². The van der Waals surface area contributed by atoms with Crippen LogP contribution in [0.25, 0.3) is 16.6 Å². The molecule has 3 aromatic carbocycles. The molecule has 2 aromatic heterocycles. The van der Waals surface area contributed by atoms with E-state index in [9.17, 15) is 14.4 Å². The van der Waals surface area contributed by atoms with Crippen molar-refractivity contribution < 1.29 is 14.4 Å². The molecule has 1 aliphatic rings. The third kappa shape index (κ3) is 3.18. The van der Waals surface area contributed by atoms with E-state index < -0.39 is 0 Å². The Morgan fingerprint density at radius 1 is 0.743 bits per heavy atom. The highest BCUT2D eigenvalue weighted by atomic mass is 16.1. The van der Waals surface area contributed by atoms with Crippen molar-refractivity contribution in [2.45, 2.75) is 13.3 Å². The molecule has 1 aliphatic carbocycles. The molecule has 4 heteroatoms. The largest absolute Gasteiger partial charge is 0.312 e.